The summed E-state index contributed by atoms with van der Waals surface area (Å²) in [5.41, 5.74) is 4.94. The highest BCUT2D eigenvalue weighted by atomic mass is 16.6. The summed E-state index contributed by atoms with van der Waals surface area (Å²) in [4.78, 5) is 21.8. The molecule has 0 aromatic carbocycles. The van der Waals surface area contributed by atoms with Crippen LogP contribution in [-0.2, 0) is 4.74 Å². The Hall–Kier alpha value is -2.05. The van der Waals surface area contributed by atoms with Gasteiger partial charge in [-0.15, -0.1) is 0 Å². The van der Waals surface area contributed by atoms with Crippen molar-refractivity contribution in [3.63, 3.8) is 0 Å². The van der Waals surface area contributed by atoms with Crippen LogP contribution < -0.4 is 11.3 Å². The lowest BCUT2D eigenvalue weighted by Crippen LogP contribution is -2.56. The van der Waals surface area contributed by atoms with E-state index in [0.29, 0.717) is 0 Å². The molecule has 0 saturated carbocycles. The predicted molar refractivity (Wildman–Crippen MR) is 71.6 cm³/mol. The number of nitrogens with zero attached hydrogens (tertiary/aromatic N) is 3. The van der Waals surface area contributed by atoms with Crippen molar-refractivity contribution in [3.8, 4) is 0 Å². The van der Waals surface area contributed by atoms with Gasteiger partial charge in [0, 0.05) is 0 Å². The zero-order chi connectivity index (χ0) is 16.0. The predicted octanol–water partition coefficient (Wildman–Crippen LogP) is -3.33. The zero-order valence-electron chi connectivity index (χ0n) is 11.2. The van der Waals surface area contributed by atoms with Crippen molar-refractivity contribution >= 4 is 17.1 Å². The van der Waals surface area contributed by atoms with Crippen LogP contribution in [0, 0.1) is 0 Å². The Morgan fingerprint density at radius 3 is 2.73 bits per heavy atom. The van der Waals surface area contributed by atoms with Crippen LogP contribution in [0.1, 0.15) is 6.23 Å². The van der Waals surface area contributed by atoms with E-state index in [1.807, 2.05) is 0 Å². The molecule has 1 aliphatic rings. The Kier molecular flexibility index (Phi) is 3.58. The first-order valence-electron chi connectivity index (χ1n) is 6.47. The number of nitrogens with one attached hydrogen (secondary N) is 1. The number of hydrogen-bond donors (Lipinski definition) is 6. The third kappa shape index (κ3) is 2.15. The van der Waals surface area contributed by atoms with Gasteiger partial charge in [-0.05, 0) is 0 Å². The summed E-state index contributed by atoms with van der Waals surface area (Å²) in [5.74, 6) is -0.149. The van der Waals surface area contributed by atoms with E-state index in [9.17, 15) is 25.2 Å². The van der Waals surface area contributed by atoms with Crippen LogP contribution in [0.25, 0.3) is 11.2 Å². The van der Waals surface area contributed by atoms with Crippen molar-refractivity contribution in [1.82, 2.24) is 19.5 Å². The SMILES string of the molecule is Nc1nc2c(ncn2[C@@H]2OC(CO)[C@@H](O)[C@H](O)[C@H]2O)c(=O)[nH]1. The minimum Gasteiger partial charge on any atom is -0.394 e. The largest absolute Gasteiger partial charge is 0.394 e. The van der Waals surface area contributed by atoms with E-state index in [1.165, 1.54) is 10.9 Å². The van der Waals surface area contributed by atoms with E-state index in [1.54, 1.807) is 0 Å². The molecule has 5 atom stereocenters. The lowest BCUT2D eigenvalue weighted by molar-refractivity contribution is -0.250. The molecule has 0 amide bonds. The van der Waals surface area contributed by atoms with Gasteiger partial charge in [-0.25, -0.2) is 4.98 Å². The Balaban J connectivity index is 2.08. The highest BCUT2D eigenvalue weighted by Gasteiger charge is 2.44. The molecular weight excluding hydrogens is 298 g/mol. The van der Waals surface area contributed by atoms with E-state index in [0.717, 1.165) is 0 Å². The van der Waals surface area contributed by atoms with Crippen molar-refractivity contribution in [3.05, 3.63) is 16.7 Å². The quantitative estimate of drug-likeness (QED) is 0.330. The number of fused-ring (bicyclic) bond motifs is 1. The van der Waals surface area contributed by atoms with Gasteiger partial charge in [0.15, 0.2) is 17.4 Å². The first kappa shape index (κ1) is 14.9. The summed E-state index contributed by atoms with van der Waals surface area (Å²) in [6.07, 6.45) is -5.63. The Labute approximate surface area is 122 Å². The molecule has 0 spiro atoms. The van der Waals surface area contributed by atoms with Crippen LogP contribution in [0.15, 0.2) is 11.1 Å². The van der Waals surface area contributed by atoms with E-state index in [2.05, 4.69) is 15.0 Å². The topological polar surface area (TPSA) is 180 Å². The summed E-state index contributed by atoms with van der Waals surface area (Å²) >= 11 is 0. The standard InChI is InChI=1S/C11H15N5O6/c12-11-14-8-4(9(21)15-11)13-2-16(8)10-7(20)6(19)5(18)3(1-17)22-10/h2-3,5-7,10,17-20H,1H2,(H3,12,14,15,21)/t3?,5-,6+,7-,10-/m1/s1. The van der Waals surface area contributed by atoms with Crippen molar-refractivity contribution in [1.29, 1.82) is 0 Å². The molecule has 0 radical (unpaired) electrons. The van der Waals surface area contributed by atoms with Gasteiger partial charge in [0.25, 0.3) is 5.56 Å². The van der Waals surface area contributed by atoms with Crippen molar-refractivity contribution < 1.29 is 25.2 Å². The van der Waals surface area contributed by atoms with Crippen LogP contribution in [0.2, 0.25) is 0 Å². The fraction of sp³-hybridized carbons (Fsp3) is 0.545. The molecule has 3 rings (SSSR count). The number of H-pyrrole nitrogens is 1. The number of nitrogens with two attached hydrogens (primary N) is 1. The van der Waals surface area contributed by atoms with E-state index < -0.39 is 42.8 Å². The Morgan fingerprint density at radius 1 is 1.32 bits per heavy atom. The first-order valence-corrected chi connectivity index (χ1v) is 6.47. The molecule has 7 N–H and O–H groups in total. The minimum absolute atomic E-state index is 0.0221. The molecule has 1 aliphatic heterocycles. The van der Waals surface area contributed by atoms with Gasteiger partial charge in [0.05, 0.1) is 12.9 Å². The Bertz CT molecular complexity index is 742. The van der Waals surface area contributed by atoms with Gasteiger partial charge < -0.3 is 30.9 Å². The summed E-state index contributed by atoms with van der Waals surface area (Å²) in [5, 5.41) is 38.8. The average molecular weight is 313 g/mol. The number of ether oxygens (including phenoxy) is 1. The molecule has 1 fully saturated rings. The molecule has 0 aliphatic carbocycles. The number of imidazole rings is 1. The molecule has 120 valence electrons. The van der Waals surface area contributed by atoms with Gasteiger partial charge in [0.1, 0.15) is 24.4 Å². The monoisotopic (exact) mass is 313 g/mol. The third-order valence-electron chi connectivity index (χ3n) is 3.59. The van der Waals surface area contributed by atoms with Crippen LogP contribution in [0.4, 0.5) is 5.95 Å². The zero-order valence-corrected chi connectivity index (χ0v) is 11.2. The number of aliphatic hydroxyl groups is 4. The first-order chi connectivity index (χ1) is 10.4. The molecule has 2 aromatic heterocycles. The smallest absolute Gasteiger partial charge is 0.280 e. The molecule has 0 bridgehead atoms. The molecule has 1 saturated heterocycles. The summed E-state index contributed by atoms with van der Waals surface area (Å²) in [6, 6.07) is 0. The van der Waals surface area contributed by atoms with Crippen LogP contribution in [-0.4, -0.2) is 71.0 Å². The van der Waals surface area contributed by atoms with Crippen LogP contribution in [0.5, 0.6) is 0 Å². The van der Waals surface area contributed by atoms with Crippen molar-refractivity contribution in [2.24, 2.45) is 0 Å². The number of rotatable bonds is 2. The number of aromatic amines is 1. The maximum absolute atomic E-state index is 11.7. The van der Waals surface area contributed by atoms with Crippen LogP contribution >= 0.6 is 0 Å². The van der Waals surface area contributed by atoms with Gasteiger partial charge in [-0.3, -0.25) is 14.3 Å². The molecule has 11 heteroatoms. The summed E-state index contributed by atoms with van der Waals surface area (Å²) < 4.78 is 6.59. The second-order valence-corrected chi connectivity index (χ2v) is 4.99. The summed E-state index contributed by atoms with van der Waals surface area (Å²) in [7, 11) is 0. The summed E-state index contributed by atoms with van der Waals surface area (Å²) in [6.45, 7) is -0.565. The number of nitrogen functional groups attached to an aromatic ring is 1. The highest BCUT2D eigenvalue weighted by molar-refractivity contribution is 5.70. The van der Waals surface area contributed by atoms with Crippen molar-refractivity contribution in [2.75, 3.05) is 12.3 Å². The average Bonchev–Trinajstić information content (AvgIpc) is 2.89. The van der Waals surface area contributed by atoms with Crippen molar-refractivity contribution in [2.45, 2.75) is 30.6 Å². The molecule has 2 aromatic rings. The fourth-order valence-corrected chi connectivity index (χ4v) is 2.44. The van der Waals surface area contributed by atoms with Gasteiger partial charge in [-0.2, -0.15) is 4.98 Å². The Morgan fingerprint density at radius 2 is 2.05 bits per heavy atom. The number of aromatic nitrogens is 4. The van der Waals surface area contributed by atoms with Crippen LogP contribution in [0.3, 0.4) is 0 Å². The van der Waals surface area contributed by atoms with E-state index >= 15 is 0 Å². The molecule has 3 heterocycles. The van der Waals surface area contributed by atoms with Gasteiger partial charge in [0.2, 0.25) is 5.95 Å². The number of aliphatic hydroxyl groups excluding tert-OH is 4. The lowest BCUT2D eigenvalue weighted by Gasteiger charge is -2.40. The number of hydrogen-bond acceptors (Lipinski definition) is 9. The third-order valence-corrected chi connectivity index (χ3v) is 3.59. The second-order valence-electron chi connectivity index (χ2n) is 4.99. The van der Waals surface area contributed by atoms with Gasteiger partial charge in [-0.1, -0.05) is 0 Å². The highest BCUT2D eigenvalue weighted by Crippen LogP contribution is 2.29. The molecule has 1 unspecified atom stereocenters. The van der Waals surface area contributed by atoms with E-state index in [4.69, 9.17) is 10.5 Å². The minimum atomic E-state index is -1.55. The normalized spacial score (nSPS) is 32.5. The maximum Gasteiger partial charge on any atom is 0.280 e. The maximum atomic E-state index is 11.7. The molecular formula is C11H15N5O6. The lowest BCUT2D eigenvalue weighted by atomic mass is 9.98. The molecule has 11 nitrogen and oxygen atoms in total. The van der Waals surface area contributed by atoms with Gasteiger partial charge >= 0.3 is 0 Å². The fourth-order valence-electron chi connectivity index (χ4n) is 2.44. The number of anilines is 1. The van der Waals surface area contributed by atoms with E-state index in [-0.39, 0.29) is 17.1 Å². The molecule has 22 heavy (non-hydrogen) atoms. The second kappa shape index (κ2) is 5.30.